The van der Waals surface area contributed by atoms with Crippen LogP contribution in [0.15, 0.2) is 18.2 Å². The number of ketones is 1. The number of hydrogen-bond donors (Lipinski definition) is 0. The van der Waals surface area contributed by atoms with E-state index < -0.39 is 0 Å². The van der Waals surface area contributed by atoms with Gasteiger partial charge in [0, 0.05) is 17.9 Å². The van der Waals surface area contributed by atoms with E-state index in [1.807, 2.05) is 13.0 Å². The van der Waals surface area contributed by atoms with Gasteiger partial charge in [-0.1, -0.05) is 17.7 Å². The van der Waals surface area contributed by atoms with Crippen LogP contribution in [0.1, 0.15) is 22.3 Å². The molecule has 70 valence electrons. The molecule has 0 radical (unpaired) electrons. The molecule has 0 aliphatic rings. The molecular formula is C10H10Cl2O. The van der Waals surface area contributed by atoms with E-state index in [0.717, 1.165) is 5.56 Å². The maximum Gasteiger partial charge on any atom is 0.165 e. The maximum absolute atomic E-state index is 11.4. The summed E-state index contributed by atoms with van der Waals surface area (Å²) in [5.41, 5.74) is 1.61. The second kappa shape index (κ2) is 4.64. The lowest BCUT2D eigenvalue weighted by Crippen LogP contribution is -2.00. The molecular weight excluding hydrogens is 207 g/mol. The first-order chi connectivity index (χ1) is 6.15. The van der Waals surface area contributed by atoms with Crippen molar-refractivity contribution in [1.29, 1.82) is 0 Å². The van der Waals surface area contributed by atoms with E-state index in [2.05, 4.69) is 0 Å². The Morgan fingerprint density at radius 2 is 2.15 bits per heavy atom. The smallest absolute Gasteiger partial charge is 0.165 e. The van der Waals surface area contributed by atoms with E-state index in [1.54, 1.807) is 12.1 Å². The average Bonchev–Trinajstić information content (AvgIpc) is 2.04. The van der Waals surface area contributed by atoms with E-state index in [9.17, 15) is 4.79 Å². The minimum absolute atomic E-state index is 0.000000000000000666. The largest absolute Gasteiger partial charge is 0.294 e. The topological polar surface area (TPSA) is 17.1 Å². The molecule has 0 saturated carbocycles. The predicted molar refractivity (Wildman–Crippen MR) is 55.9 cm³/mol. The normalized spacial score (nSPS) is 10.1. The van der Waals surface area contributed by atoms with Crippen molar-refractivity contribution in [3.63, 3.8) is 0 Å². The number of hydrogen-bond acceptors (Lipinski definition) is 1. The molecule has 0 atom stereocenters. The van der Waals surface area contributed by atoms with Crippen molar-refractivity contribution < 1.29 is 4.79 Å². The monoisotopic (exact) mass is 216 g/mol. The molecule has 0 fully saturated rings. The number of rotatable bonds is 3. The number of carbonyl (C=O) groups excluding carboxylic acids is 1. The molecule has 0 unspecified atom stereocenters. The van der Waals surface area contributed by atoms with Crippen LogP contribution in [0.25, 0.3) is 0 Å². The Hall–Kier alpha value is -0.530. The summed E-state index contributed by atoms with van der Waals surface area (Å²) in [6.45, 7) is 1.93. The van der Waals surface area contributed by atoms with Gasteiger partial charge in [0.15, 0.2) is 5.78 Å². The molecule has 13 heavy (non-hydrogen) atoms. The summed E-state index contributed by atoms with van der Waals surface area (Å²) in [5, 5.41) is 0.509. The van der Waals surface area contributed by atoms with E-state index in [0.29, 0.717) is 22.9 Å². The molecule has 0 heterocycles. The van der Waals surface area contributed by atoms with E-state index in [-0.39, 0.29) is 5.78 Å². The van der Waals surface area contributed by atoms with Gasteiger partial charge in [0.05, 0.1) is 5.02 Å². The van der Waals surface area contributed by atoms with Gasteiger partial charge in [0.1, 0.15) is 0 Å². The molecule has 0 aliphatic carbocycles. The zero-order chi connectivity index (χ0) is 9.84. The lowest BCUT2D eigenvalue weighted by molar-refractivity contribution is 0.0989. The molecule has 0 spiro atoms. The van der Waals surface area contributed by atoms with Gasteiger partial charge >= 0.3 is 0 Å². The molecule has 0 aromatic heterocycles. The Morgan fingerprint density at radius 1 is 1.46 bits per heavy atom. The quantitative estimate of drug-likeness (QED) is 0.559. The third-order valence-electron chi connectivity index (χ3n) is 1.75. The van der Waals surface area contributed by atoms with Crippen LogP contribution in [0, 0.1) is 6.92 Å². The lowest BCUT2D eigenvalue weighted by Gasteiger charge is -2.02. The maximum atomic E-state index is 11.4. The van der Waals surface area contributed by atoms with Crippen LogP contribution in [0.3, 0.4) is 0 Å². The standard InChI is InChI=1S/C10H10Cl2O/c1-7-2-3-8(9(12)6-7)10(13)4-5-11/h2-3,6H,4-5H2,1H3. The zero-order valence-corrected chi connectivity index (χ0v) is 8.82. The van der Waals surface area contributed by atoms with E-state index >= 15 is 0 Å². The van der Waals surface area contributed by atoms with Crippen molar-refractivity contribution in [2.45, 2.75) is 13.3 Å². The van der Waals surface area contributed by atoms with Gasteiger partial charge in [-0.3, -0.25) is 4.79 Å². The molecule has 1 aromatic rings. The summed E-state index contributed by atoms with van der Waals surface area (Å²) >= 11 is 11.4. The minimum Gasteiger partial charge on any atom is -0.294 e. The fourth-order valence-corrected chi connectivity index (χ4v) is 1.58. The van der Waals surface area contributed by atoms with Gasteiger partial charge in [-0.2, -0.15) is 0 Å². The van der Waals surface area contributed by atoms with Gasteiger partial charge in [0.2, 0.25) is 0 Å². The number of Topliss-reactive ketones (excluding diaryl/α,β-unsaturated/α-hetero) is 1. The van der Waals surface area contributed by atoms with Crippen LogP contribution in [-0.4, -0.2) is 11.7 Å². The highest BCUT2D eigenvalue weighted by Gasteiger charge is 2.08. The van der Waals surface area contributed by atoms with Crippen molar-refractivity contribution in [1.82, 2.24) is 0 Å². The fourth-order valence-electron chi connectivity index (χ4n) is 1.07. The van der Waals surface area contributed by atoms with Crippen molar-refractivity contribution in [2.75, 3.05) is 5.88 Å². The van der Waals surface area contributed by atoms with Crippen molar-refractivity contribution in [3.8, 4) is 0 Å². The molecule has 0 amide bonds. The summed E-state index contributed by atoms with van der Waals surface area (Å²) in [6, 6.07) is 5.39. The van der Waals surface area contributed by atoms with Crippen LogP contribution in [-0.2, 0) is 0 Å². The zero-order valence-electron chi connectivity index (χ0n) is 7.31. The fraction of sp³-hybridized carbons (Fsp3) is 0.300. The molecule has 0 bridgehead atoms. The van der Waals surface area contributed by atoms with Gasteiger partial charge in [0.25, 0.3) is 0 Å². The highest BCUT2D eigenvalue weighted by Crippen LogP contribution is 2.19. The Balaban J connectivity index is 2.95. The first-order valence-corrected chi connectivity index (χ1v) is 4.91. The van der Waals surface area contributed by atoms with Crippen molar-refractivity contribution in [2.24, 2.45) is 0 Å². The Labute approximate surface area is 87.7 Å². The SMILES string of the molecule is Cc1ccc(C(=O)CCCl)c(Cl)c1. The second-order valence-corrected chi connectivity index (χ2v) is 3.63. The first-order valence-electron chi connectivity index (χ1n) is 4.00. The van der Waals surface area contributed by atoms with Gasteiger partial charge in [-0.25, -0.2) is 0 Å². The summed E-state index contributed by atoms with van der Waals surface area (Å²) in [4.78, 5) is 11.4. The summed E-state index contributed by atoms with van der Waals surface area (Å²) in [6.07, 6.45) is 0.338. The highest BCUT2D eigenvalue weighted by molar-refractivity contribution is 6.34. The Bertz CT molecular complexity index is 321. The van der Waals surface area contributed by atoms with E-state index in [1.165, 1.54) is 0 Å². The van der Waals surface area contributed by atoms with Crippen LogP contribution >= 0.6 is 23.2 Å². The molecule has 1 aromatic carbocycles. The third-order valence-corrected chi connectivity index (χ3v) is 2.25. The van der Waals surface area contributed by atoms with Crippen molar-refractivity contribution in [3.05, 3.63) is 34.3 Å². The van der Waals surface area contributed by atoms with E-state index in [4.69, 9.17) is 23.2 Å². The summed E-state index contributed by atoms with van der Waals surface area (Å²) < 4.78 is 0. The average molecular weight is 217 g/mol. The Morgan fingerprint density at radius 3 is 2.69 bits per heavy atom. The van der Waals surface area contributed by atoms with Gasteiger partial charge < -0.3 is 0 Å². The van der Waals surface area contributed by atoms with Gasteiger partial charge in [-0.05, 0) is 24.6 Å². The van der Waals surface area contributed by atoms with Gasteiger partial charge in [-0.15, -0.1) is 11.6 Å². The number of alkyl halides is 1. The molecule has 3 heteroatoms. The molecule has 0 aliphatic heterocycles. The van der Waals surface area contributed by atoms with Crippen LogP contribution in [0.5, 0.6) is 0 Å². The summed E-state index contributed by atoms with van der Waals surface area (Å²) in [7, 11) is 0. The lowest BCUT2D eigenvalue weighted by atomic mass is 10.1. The van der Waals surface area contributed by atoms with Crippen LogP contribution < -0.4 is 0 Å². The molecule has 0 N–H and O–H groups in total. The second-order valence-electron chi connectivity index (χ2n) is 2.85. The highest BCUT2D eigenvalue weighted by atomic mass is 35.5. The minimum atomic E-state index is 0.000000000000000666. The third kappa shape index (κ3) is 2.71. The van der Waals surface area contributed by atoms with Crippen molar-refractivity contribution >= 4 is 29.0 Å². The van der Waals surface area contributed by atoms with Crippen LogP contribution in [0.4, 0.5) is 0 Å². The predicted octanol–water partition coefficient (Wildman–Crippen LogP) is 3.46. The number of carbonyl (C=O) groups is 1. The van der Waals surface area contributed by atoms with Crippen LogP contribution in [0.2, 0.25) is 5.02 Å². The Kier molecular flexibility index (Phi) is 3.76. The molecule has 0 saturated heterocycles. The first kappa shape index (κ1) is 10.6. The number of aryl methyl sites for hydroxylation is 1. The molecule has 1 nitrogen and oxygen atoms in total. The molecule has 1 rings (SSSR count). The number of benzene rings is 1. The summed E-state index contributed by atoms with van der Waals surface area (Å²) in [5.74, 6) is 0.336. The number of halogens is 2.